The summed E-state index contributed by atoms with van der Waals surface area (Å²) in [6, 6.07) is 10.8. The smallest absolute Gasteiger partial charge is 0.00860 e. The van der Waals surface area contributed by atoms with Crippen molar-refractivity contribution in [3.05, 3.63) is 35.9 Å². The van der Waals surface area contributed by atoms with Gasteiger partial charge in [0.2, 0.25) is 0 Å². The maximum absolute atomic E-state index is 5.29. The number of nitrogens with one attached hydrogen (secondary N) is 1. The zero-order chi connectivity index (χ0) is 13.1. The average molecular weight is 243 g/mol. The van der Waals surface area contributed by atoms with Gasteiger partial charge in [-0.2, -0.15) is 0 Å². The van der Waals surface area contributed by atoms with Crippen molar-refractivity contribution < 1.29 is 0 Å². The van der Waals surface area contributed by atoms with Gasteiger partial charge in [-0.15, -0.1) is 12.3 Å². The molecule has 0 heterocycles. The Labute approximate surface area is 112 Å². The van der Waals surface area contributed by atoms with Gasteiger partial charge >= 0.3 is 0 Å². The Morgan fingerprint density at radius 3 is 2.67 bits per heavy atom. The highest BCUT2D eigenvalue weighted by atomic mass is 14.8. The summed E-state index contributed by atoms with van der Waals surface area (Å²) in [5.74, 6) is 3.34. The highest BCUT2D eigenvalue weighted by Gasteiger charge is 2.10. The van der Waals surface area contributed by atoms with E-state index in [9.17, 15) is 0 Å². The Hall–Kier alpha value is -1.26. The molecule has 0 fully saturated rings. The van der Waals surface area contributed by atoms with Crippen LogP contribution in [0.25, 0.3) is 0 Å². The molecule has 1 aromatic carbocycles. The number of hydrogen-bond donors (Lipinski definition) is 1. The van der Waals surface area contributed by atoms with Gasteiger partial charge in [0.1, 0.15) is 0 Å². The second kappa shape index (κ2) is 9.74. The fourth-order valence-electron chi connectivity index (χ4n) is 2.18. The zero-order valence-corrected chi connectivity index (χ0v) is 11.5. The van der Waals surface area contributed by atoms with Crippen molar-refractivity contribution in [2.45, 2.75) is 44.9 Å². The van der Waals surface area contributed by atoms with Crippen molar-refractivity contribution in [2.24, 2.45) is 0 Å². The molecular weight excluding hydrogens is 218 g/mol. The number of terminal acetylenes is 1. The van der Waals surface area contributed by atoms with Crippen LogP contribution in [-0.2, 0) is 0 Å². The van der Waals surface area contributed by atoms with Crippen molar-refractivity contribution in [1.29, 1.82) is 0 Å². The van der Waals surface area contributed by atoms with Crippen LogP contribution in [0.5, 0.6) is 0 Å². The molecule has 1 N–H and O–H groups in total. The molecule has 1 rings (SSSR count). The lowest BCUT2D eigenvalue weighted by Crippen LogP contribution is -2.22. The van der Waals surface area contributed by atoms with Crippen LogP contribution >= 0.6 is 0 Å². The van der Waals surface area contributed by atoms with Crippen molar-refractivity contribution in [1.82, 2.24) is 5.32 Å². The highest BCUT2D eigenvalue weighted by molar-refractivity contribution is 5.19. The van der Waals surface area contributed by atoms with E-state index in [1.54, 1.807) is 0 Å². The van der Waals surface area contributed by atoms with Crippen molar-refractivity contribution in [2.75, 3.05) is 13.1 Å². The predicted octanol–water partition coefficient (Wildman–Crippen LogP) is 3.96. The molecule has 1 aromatic rings. The van der Waals surface area contributed by atoms with Crippen LogP contribution in [0.3, 0.4) is 0 Å². The quantitative estimate of drug-likeness (QED) is 0.511. The summed E-state index contributed by atoms with van der Waals surface area (Å²) < 4.78 is 0. The number of hydrogen-bond acceptors (Lipinski definition) is 1. The summed E-state index contributed by atoms with van der Waals surface area (Å²) in [7, 11) is 0. The summed E-state index contributed by atoms with van der Waals surface area (Å²) in [4.78, 5) is 0. The lowest BCUT2D eigenvalue weighted by molar-refractivity contribution is 0.524. The van der Waals surface area contributed by atoms with Gasteiger partial charge in [0.05, 0.1) is 0 Å². The fourth-order valence-corrected chi connectivity index (χ4v) is 2.18. The van der Waals surface area contributed by atoms with E-state index in [0.29, 0.717) is 5.92 Å². The molecule has 0 saturated heterocycles. The summed E-state index contributed by atoms with van der Waals surface area (Å²) in [6.07, 6.45) is 11.0. The third kappa shape index (κ3) is 5.89. The Morgan fingerprint density at radius 2 is 2.00 bits per heavy atom. The second-order valence-electron chi connectivity index (χ2n) is 4.76. The minimum absolute atomic E-state index is 0.621. The molecule has 18 heavy (non-hydrogen) atoms. The van der Waals surface area contributed by atoms with E-state index in [1.807, 2.05) is 0 Å². The Balaban J connectivity index is 2.45. The van der Waals surface area contributed by atoms with Crippen LogP contribution in [0.1, 0.15) is 50.5 Å². The molecule has 0 saturated carbocycles. The Bertz CT molecular complexity index is 336. The SMILES string of the molecule is C#CCCCCC(CNCCC)c1ccccc1. The van der Waals surface area contributed by atoms with Crippen LogP contribution in [0.15, 0.2) is 30.3 Å². The molecule has 0 aromatic heterocycles. The maximum atomic E-state index is 5.29. The number of unbranched alkanes of at least 4 members (excludes halogenated alkanes) is 2. The van der Waals surface area contributed by atoms with Crippen LogP contribution in [0, 0.1) is 12.3 Å². The van der Waals surface area contributed by atoms with Crippen LogP contribution in [0.2, 0.25) is 0 Å². The lowest BCUT2D eigenvalue weighted by atomic mass is 9.93. The topological polar surface area (TPSA) is 12.0 Å². The van der Waals surface area contributed by atoms with Gasteiger partial charge in [0.25, 0.3) is 0 Å². The van der Waals surface area contributed by atoms with Crippen LogP contribution in [0.4, 0.5) is 0 Å². The maximum Gasteiger partial charge on any atom is 0.00860 e. The monoisotopic (exact) mass is 243 g/mol. The molecule has 0 aliphatic rings. The molecule has 1 unspecified atom stereocenters. The molecule has 0 spiro atoms. The summed E-state index contributed by atoms with van der Waals surface area (Å²) in [5, 5.41) is 3.53. The zero-order valence-electron chi connectivity index (χ0n) is 11.5. The molecular formula is C17H25N. The van der Waals surface area contributed by atoms with E-state index in [4.69, 9.17) is 6.42 Å². The van der Waals surface area contributed by atoms with Crippen molar-refractivity contribution in [3.8, 4) is 12.3 Å². The normalized spacial score (nSPS) is 12.0. The van der Waals surface area contributed by atoms with Crippen LogP contribution < -0.4 is 5.32 Å². The molecule has 1 heteroatoms. The molecule has 0 radical (unpaired) electrons. The highest BCUT2D eigenvalue weighted by Crippen LogP contribution is 2.21. The molecule has 98 valence electrons. The molecule has 1 nitrogen and oxygen atoms in total. The van der Waals surface area contributed by atoms with Gasteiger partial charge in [0, 0.05) is 13.0 Å². The molecule has 0 aliphatic heterocycles. The van der Waals surface area contributed by atoms with E-state index >= 15 is 0 Å². The van der Waals surface area contributed by atoms with Gasteiger partial charge in [0.15, 0.2) is 0 Å². The number of rotatable bonds is 9. The fraction of sp³-hybridized carbons (Fsp3) is 0.529. The largest absolute Gasteiger partial charge is 0.316 e. The summed E-state index contributed by atoms with van der Waals surface area (Å²) in [6.45, 7) is 4.39. The minimum Gasteiger partial charge on any atom is -0.316 e. The van der Waals surface area contributed by atoms with Gasteiger partial charge in [-0.05, 0) is 37.3 Å². The third-order valence-electron chi connectivity index (χ3n) is 3.21. The van der Waals surface area contributed by atoms with Crippen molar-refractivity contribution >= 4 is 0 Å². The average Bonchev–Trinajstić information content (AvgIpc) is 2.42. The third-order valence-corrected chi connectivity index (χ3v) is 3.21. The molecule has 0 bridgehead atoms. The van der Waals surface area contributed by atoms with E-state index in [0.717, 1.165) is 25.9 Å². The van der Waals surface area contributed by atoms with E-state index < -0.39 is 0 Å². The standard InChI is InChI=1S/C17H25N/c1-3-5-6-8-13-17(15-18-14-4-2)16-11-9-7-10-12-16/h1,7,9-12,17-18H,4-6,8,13-15H2,2H3. The first kappa shape index (κ1) is 14.8. The first-order valence-corrected chi connectivity index (χ1v) is 7.07. The molecule has 0 amide bonds. The minimum atomic E-state index is 0.621. The van der Waals surface area contributed by atoms with Gasteiger partial charge in [-0.1, -0.05) is 43.7 Å². The second-order valence-corrected chi connectivity index (χ2v) is 4.76. The summed E-state index contributed by atoms with van der Waals surface area (Å²) >= 11 is 0. The van der Waals surface area contributed by atoms with Crippen molar-refractivity contribution in [3.63, 3.8) is 0 Å². The molecule has 1 atom stereocenters. The Morgan fingerprint density at radius 1 is 1.22 bits per heavy atom. The van der Waals surface area contributed by atoms with Gasteiger partial charge < -0.3 is 5.32 Å². The van der Waals surface area contributed by atoms with E-state index in [2.05, 4.69) is 48.5 Å². The van der Waals surface area contributed by atoms with Gasteiger partial charge in [-0.3, -0.25) is 0 Å². The number of benzene rings is 1. The first-order valence-electron chi connectivity index (χ1n) is 7.07. The van der Waals surface area contributed by atoms with Crippen LogP contribution in [-0.4, -0.2) is 13.1 Å². The Kier molecular flexibility index (Phi) is 8.01. The summed E-state index contributed by atoms with van der Waals surface area (Å²) in [5.41, 5.74) is 1.45. The molecule has 0 aliphatic carbocycles. The predicted molar refractivity (Wildman–Crippen MR) is 79.6 cm³/mol. The van der Waals surface area contributed by atoms with E-state index in [-0.39, 0.29) is 0 Å². The lowest BCUT2D eigenvalue weighted by Gasteiger charge is -2.18. The van der Waals surface area contributed by atoms with Gasteiger partial charge in [-0.25, -0.2) is 0 Å². The first-order chi connectivity index (χ1) is 8.88. The van der Waals surface area contributed by atoms with E-state index in [1.165, 1.54) is 24.8 Å².